The van der Waals surface area contributed by atoms with Gasteiger partial charge in [0.25, 0.3) is 0 Å². The second-order valence-corrected chi connectivity index (χ2v) is 7.92. The van der Waals surface area contributed by atoms with Gasteiger partial charge in [0.1, 0.15) is 18.0 Å². The van der Waals surface area contributed by atoms with Crippen LogP contribution in [0.5, 0.6) is 0 Å². The molecule has 27 heavy (non-hydrogen) atoms. The van der Waals surface area contributed by atoms with Gasteiger partial charge in [-0.05, 0) is 49.3 Å². The average Bonchev–Trinajstić information content (AvgIpc) is 3.27. The molecule has 9 heteroatoms. The van der Waals surface area contributed by atoms with Gasteiger partial charge in [0.15, 0.2) is 11.9 Å². The maximum Gasteiger partial charge on any atom is 0.226 e. The first kappa shape index (κ1) is 17.4. The number of nitrogens with zero attached hydrogens (tertiary/aromatic N) is 5. The summed E-state index contributed by atoms with van der Waals surface area (Å²) in [6, 6.07) is 0.960. The largest absolute Gasteiger partial charge is 0.393 e. The minimum absolute atomic E-state index is 0.147. The smallest absolute Gasteiger partial charge is 0.226 e. The molecule has 5 heterocycles. The highest BCUT2D eigenvalue weighted by molar-refractivity contribution is 6.28. The zero-order chi connectivity index (χ0) is 18.7. The molecule has 0 aromatic carbocycles. The Hall–Kier alpha value is -1.74. The van der Waals surface area contributed by atoms with Gasteiger partial charge >= 0.3 is 0 Å². The molecule has 5 rings (SSSR count). The van der Waals surface area contributed by atoms with Crippen LogP contribution >= 0.6 is 11.6 Å². The molecule has 2 N–H and O–H groups in total. The van der Waals surface area contributed by atoms with Crippen molar-refractivity contribution in [2.24, 2.45) is 0 Å². The molecule has 144 valence electrons. The minimum Gasteiger partial charge on any atom is -0.393 e. The lowest BCUT2D eigenvalue weighted by molar-refractivity contribution is -0.0545. The molecule has 0 spiro atoms. The van der Waals surface area contributed by atoms with Crippen molar-refractivity contribution in [2.45, 2.75) is 62.6 Å². The van der Waals surface area contributed by atoms with Gasteiger partial charge in [0, 0.05) is 12.1 Å². The van der Waals surface area contributed by atoms with Crippen LogP contribution in [0.4, 0.5) is 5.82 Å². The van der Waals surface area contributed by atoms with Crippen molar-refractivity contribution in [3.8, 4) is 0 Å². The third kappa shape index (κ3) is 2.58. The number of rotatable bonds is 3. The Morgan fingerprint density at radius 3 is 2.63 bits per heavy atom. The van der Waals surface area contributed by atoms with Gasteiger partial charge in [0.2, 0.25) is 5.28 Å². The van der Waals surface area contributed by atoms with Crippen molar-refractivity contribution >= 4 is 28.5 Å². The van der Waals surface area contributed by atoms with E-state index in [0.717, 1.165) is 24.0 Å². The predicted molar refractivity (Wildman–Crippen MR) is 99.6 cm³/mol. The number of aromatic nitrogens is 4. The second kappa shape index (κ2) is 6.41. The number of piperidine rings is 1. The maximum absolute atomic E-state index is 10.5. The number of ether oxygens (including phenoxy) is 1. The number of hydrogen-bond donors (Lipinski definition) is 2. The number of aliphatic hydroxyl groups is 2. The fourth-order valence-corrected chi connectivity index (χ4v) is 4.95. The summed E-state index contributed by atoms with van der Waals surface area (Å²) < 4.78 is 7.27. The van der Waals surface area contributed by atoms with Crippen molar-refractivity contribution in [1.29, 1.82) is 0 Å². The highest BCUT2D eigenvalue weighted by Crippen LogP contribution is 2.42. The summed E-state index contributed by atoms with van der Waals surface area (Å²) in [4.78, 5) is 11.3. The quantitative estimate of drug-likeness (QED) is 0.608. The summed E-state index contributed by atoms with van der Waals surface area (Å²) in [6.07, 6.45) is 5.22. The molecule has 3 aliphatic heterocycles. The maximum atomic E-state index is 10.5. The Morgan fingerprint density at radius 2 is 1.96 bits per heavy atom. The number of fused-ring (bicyclic) bond motifs is 3. The monoisotopic (exact) mass is 391 g/mol. The van der Waals surface area contributed by atoms with Crippen LogP contribution in [0.25, 0.3) is 11.0 Å². The molecule has 2 unspecified atom stereocenters. The van der Waals surface area contributed by atoms with Crippen LogP contribution < -0.4 is 4.90 Å². The SMILES string of the molecule is C=C1[C@@H](O)[C@H](n2ncc3c(N4C5CCCC4CC5)nc(Cl)nc32)O[C@@H]1CO. The highest BCUT2D eigenvalue weighted by Gasteiger charge is 2.41. The molecular weight excluding hydrogens is 370 g/mol. The number of halogens is 1. The van der Waals surface area contributed by atoms with E-state index in [2.05, 4.69) is 26.5 Å². The Kier molecular flexibility index (Phi) is 4.12. The summed E-state index contributed by atoms with van der Waals surface area (Å²) in [6.45, 7) is 3.57. The fraction of sp³-hybridized carbons (Fsp3) is 0.611. The summed E-state index contributed by atoms with van der Waals surface area (Å²) >= 11 is 6.26. The summed E-state index contributed by atoms with van der Waals surface area (Å²) in [5, 5.41) is 25.3. The van der Waals surface area contributed by atoms with Crippen LogP contribution in [0.2, 0.25) is 5.28 Å². The first-order chi connectivity index (χ1) is 13.1. The molecule has 5 atom stereocenters. The Bertz CT molecular complexity index is 886. The molecule has 3 saturated heterocycles. The molecule has 8 nitrogen and oxygen atoms in total. The van der Waals surface area contributed by atoms with E-state index in [1.54, 1.807) is 6.20 Å². The molecule has 2 aromatic heterocycles. The highest BCUT2D eigenvalue weighted by atomic mass is 35.5. The zero-order valence-electron chi connectivity index (χ0n) is 14.8. The number of anilines is 1. The van der Waals surface area contributed by atoms with Crippen LogP contribution in [0.15, 0.2) is 18.3 Å². The van der Waals surface area contributed by atoms with Gasteiger partial charge in [-0.2, -0.15) is 15.1 Å². The first-order valence-corrected chi connectivity index (χ1v) is 9.78. The molecule has 0 radical (unpaired) electrons. The van der Waals surface area contributed by atoms with Crippen LogP contribution in [0, 0.1) is 0 Å². The molecule has 0 amide bonds. The van der Waals surface area contributed by atoms with Crippen molar-refractivity contribution in [2.75, 3.05) is 11.5 Å². The van der Waals surface area contributed by atoms with Crippen molar-refractivity contribution in [1.82, 2.24) is 19.7 Å². The Balaban J connectivity index is 1.60. The minimum atomic E-state index is -0.978. The molecule has 0 aliphatic carbocycles. The van der Waals surface area contributed by atoms with Gasteiger partial charge in [-0.3, -0.25) is 0 Å². The molecule has 0 saturated carbocycles. The van der Waals surface area contributed by atoms with E-state index in [9.17, 15) is 10.2 Å². The van der Waals surface area contributed by atoms with Crippen molar-refractivity contribution < 1.29 is 14.9 Å². The van der Waals surface area contributed by atoms with Crippen LogP contribution in [0.1, 0.15) is 38.3 Å². The fourth-order valence-electron chi connectivity index (χ4n) is 4.79. The molecule has 2 aromatic rings. The van der Waals surface area contributed by atoms with E-state index in [-0.39, 0.29) is 11.9 Å². The molecule has 2 bridgehead atoms. The lowest BCUT2D eigenvalue weighted by atomic mass is 10.0. The van der Waals surface area contributed by atoms with E-state index in [1.807, 2.05) is 0 Å². The molecular formula is C18H22ClN5O3. The van der Waals surface area contributed by atoms with Crippen molar-refractivity contribution in [3.05, 3.63) is 23.6 Å². The number of aliphatic hydroxyl groups excluding tert-OH is 2. The lowest BCUT2D eigenvalue weighted by Crippen LogP contribution is -2.40. The third-order valence-electron chi connectivity index (χ3n) is 6.12. The average molecular weight is 392 g/mol. The van der Waals surface area contributed by atoms with Crippen LogP contribution in [-0.2, 0) is 4.74 Å². The first-order valence-electron chi connectivity index (χ1n) is 9.40. The van der Waals surface area contributed by atoms with Gasteiger partial charge in [-0.1, -0.05) is 6.58 Å². The van der Waals surface area contributed by atoms with Gasteiger partial charge < -0.3 is 19.8 Å². The molecule has 3 aliphatic rings. The van der Waals surface area contributed by atoms with Gasteiger partial charge in [-0.25, -0.2) is 4.68 Å². The third-order valence-corrected chi connectivity index (χ3v) is 6.29. The van der Waals surface area contributed by atoms with E-state index in [0.29, 0.717) is 23.3 Å². The van der Waals surface area contributed by atoms with Gasteiger partial charge in [-0.15, -0.1) is 0 Å². The predicted octanol–water partition coefficient (Wildman–Crippen LogP) is 1.81. The van der Waals surface area contributed by atoms with E-state index < -0.39 is 18.4 Å². The van der Waals surface area contributed by atoms with Crippen molar-refractivity contribution in [3.63, 3.8) is 0 Å². The van der Waals surface area contributed by atoms with E-state index in [1.165, 1.54) is 23.9 Å². The molecule has 3 fully saturated rings. The summed E-state index contributed by atoms with van der Waals surface area (Å²) in [5.41, 5.74) is 0.950. The second-order valence-electron chi connectivity index (χ2n) is 7.58. The van der Waals surface area contributed by atoms with Crippen LogP contribution in [-0.4, -0.2) is 60.9 Å². The Labute approximate surface area is 161 Å². The lowest BCUT2D eigenvalue weighted by Gasteiger charge is -2.36. The normalized spacial score (nSPS) is 33.4. The number of hydrogen-bond acceptors (Lipinski definition) is 7. The topological polar surface area (TPSA) is 96.5 Å². The summed E-state index contributed by atoms with van der Waals surface area (Å²) in [5.74, 6) is 0.813. The zero-order valence-corrected chi connectivity index (χ0v) is 15.6. The van der Waals surface area contributed by atoms with E-state index >= 15 is 0 Å². The van der Waals surface area contributed by atoms with Crippen LogP contribution in [0.3, 0.4) is 0 Å². The van der Waals surface area contributed by atoms with E-state index in [4.69, 9.17) is 16.3 Å². The standard InChI is InChI=1S/C18H22ClN5O3/c1-9-13(8-25)27-17(14(9)26)24-16-12(7-20-24)15(21-18(19)22-16)23-10-3-2-4-11(23)6-5-10/h7,10-11,13-14,17,25-26H,1-6,8H2/t10?,11?,13-,14-,17-/m1/s1. The Morgan fingerprint density at radius 1 is 1.22 bits per heavy atom. The summed E-state index contributed by atoms with van der Waals surface area (Å²) in [7, 11) is 0. The van der Waals surface area contributed by atoms with Gasteiger partial charge in [0.05, 0.1) is 18.2 Å².